The van der Waals surface area contributed by atoms with E-state index in [0.29, 0.717) is 17.2 Å². The summed E-state index contributed by atoms with van der Waals surface area (Å²) in [5, 5.41) is 2.83. The van der Waals surface area contributed by atoms with Crippen LogP contribution in [0.1, 0.15) is 5.69 Å². The van der Waals surface area contributed by atoms with Gasteiger partial charge < -0.3 is 14.5 Å². The van der Waals surface area contributed by atoms with Gasteiger partial charge in [-0.2, -0.15) is 0 Å². The standard InChI is InChI=1S/C17H15N3O3/c1-22-15-8-13(5-6-14(15)16-10-18-11-23-16)20-17(21)9-12-4-2-3-7-19-12/h2-8,10-11H,9H2,1H3,(H,20,21). The Kier molecular flexibility index (Phi) is 4.33. The summed E-state index contributed by atoms with van der Waals surface area (Å²) in [7, 11) is 1.56. The number of nitrogens with one attached hydrogen (secondary N) is 1. The molecule has 0 spiro atoms. The molecule has 2 aromatic heterocycles. The van der Waals surface area contributed by atoms with E-state index in [1.54, 1.807) is 31.6 Å². The smallest absolute Gasteiger partial charge is 0.230 e. The lowest BCUT2D eigenvalue weighted by molar-refractivity contribution is -0.115. The van der Waals surface area contributed by atoms with E-state index in [4.69, 9.17) is 9.15 Å². The summed E-state index contributed by atoms with van der Waals surface area (Å²) in [6.07, 6.45) is 4.85. The molecule has 0 radical (unpaired) electrons. The average molecular weight is 309 g/mol. The maximum Gasteiger partial charge on any atom is 0.230 e. The van der Waals surface area contributed by atoms with Crippen LogP contribution < -0.4 is 10.1 Å². The fraction of sp³-hybridized carbons (Fsp3) is 0.118. The molecule has 6 heteroatoms. The van der Waals surface area contributed by atoms with Gasteiger partial charge in [0.2, 0.25) is 5.91 Å². The Labute approximate surface area is 133 Å². The molecule has 0 aliphatic carbocycles. The van der Waals surface area contributed by atoms with Crippen molar-refractivity contribution in [3.05, 3.63) is 60.9 Å². The van der Waals surface area contributed by atoms with Gasteiger partial charge in [0.1, 0.15) is 5.75 Å². The number of anilines is 1. The van der Waals surface area contributed by atoms with E-state index >= 15 is 0 Å². The van der Waals surface area contributed by atoms with E-state index in [9.17, 15) is 4.79 Å². The lowest BCUT2D eigenvalue weighted by Crippen LogP contribution is -2.15. The first-order valence-corrected chi connectivity index (χ1v) is 7.03. The summed E-state index contributed by atoms with van der Waals surface area (Å²) in [6.45, 7) is 0. The molecule has 1 amide bonds. The molecule has 0 saturated heterocycles. The van der Waals surface area contributed by atoms with E-state index in [1.165, 1.54) is 6.39 Å². The number of methoxy groups -OCH3 is 1. The monoisotopic (exact) mass is 309 g/mol. The molecule has 0 aliphatic heterocycles. The van der Waals surface area contributed by atoms with E-state index in [0.717, 1.165) is 11.3 Å². The summed E-state index contributed by atoms with van der Waals surface area (Å²) in [4.78, 5) is 20.1. The predicted molar refractivity (Wildman–Crippen MR) is 85.1 cm³/mol. The summed E-state index contributed by atoms with van der Waals surface area (Å²) >= 11 is 0. The Morgan fingerprint density at radius 2 is 2.22 bits per heavy atom. The highest BCUT2D eigenvalue weighted by Gasteiger charge is 2.11. The first kappa shape index (κ1) is 14.8. The largest absolute Gasteiger partial charge is 0.496 e. The maximum absolute atomic E-state index is 12.1. The molecular formula is C17H15N3O3. The van der Waals surface area contributed by atoms with Gasteiger partial charge in [-0.05, 0) is 24.3 Å². The van der Waals surface area contributed by atoms with Crippen molar-refractivity contribution in [3.8, 4) is 17.1 Å². The molecule has 0 saturated carbocycles. The number of hydrogen-bond acceptors (Lipinski definition) is 5. The van der Waals surface area contributed by atoms with Crippen LogP contribution in [0.15, 0.2) is 59.6 Å². The third-order valence-electron chi connectivity index (χ3n) is 3.25. The van der Waals surface area contributed by atoms with Crippen molar-refractivity contribution in [1.29, 1.82) is 0 Å². The number of rotatable bonds is 5. The molecule has 2 heterocycles. The van der Waals surface area contributed by atoms with Crippen LogP contribution >= 0.6 is 0 Å². The van der Waals surface area contributed by atoms with E-state index in [-0.39, 0.29) is 12.3 Å². The second-order valence-corrected chi connectivity index (χ2v) is 4.83. The molecule has 0 aliphatic rings. The van der Waals surface area contributed by atoms with Gasteiger partial charge in [-0.3, -0.25) is 9.78 Å². The number of ether oxygens (including phenoxy) is 1. The van der Waals surface area contributed by atoms with E-state index < -0.39 is 0 Å². The lowest BCUT2D eigenvalue weighted by Gasteiger charge is -2.10. The van der Waals surface area contributed by atoms with Crippen molar-refractivity contribution >= 4 is 11.6 Å². The zero-order valence-corrected chi connectivity index (χ0v) is 12.5. The van der Waals surface area contributed by atoms with Gasteiger partial charge in [-0.15, -0.1) is 0 Å². The van der Waals surface area contributed by atoms with Crippen LogP contribution in [-0.2, 0) is 11.2 Å². The quantitative estimate of drug-likeness (QED) is 0.784. The van der Waals surface area contributed by atoms with Gasteiger partial charge in [0.15, 0.2) is 12.2 Å². The Hall–Kier alpha value is -3.15. The van der Waals surface area contributed by atoms with Gasteiger partial charge >= 0.3 is 0 Å². The number of benzene rings is 1. The van der Waals surface area contributed by atoms with Crippen LogP contribution in [-0.4, -0.2) is 23.0 Å². The number of pyridine rings is 1. The first-order valence-electron chi connectivity index (χ1n) is 7.03. The Balaban J connectivity index is 1.75. The van der Waals surface area contributed by atoms with Gasteiger partial charge in [0.05, 0.1) is 25.3 Å². The molecule has 0 fully saturated rings. The number of amides is 1. The van der Waals surface area contributed by atoms with Crippen LogP contribution in [0.25, 0.3) is 11.3 Å². The molecule has 0 unspecified atom stereocenters. The Bertz CT molecular complexity index is 786. The third kappa shape index (κ3) is 3.55. The van der Waals surface area contributed by atoms with Crippen molar-refractivity contribution in [1.82, 2.24) is 9.97 Å². The summed E-state index contributed by atoms with van der Waals surface area (Å²) in [5.74, 6) is 1.06. The van der Waals surface area contributed by atoms with Gasteiger partial charge in [0.25, 0.3) is 0 Å². The second-order valence-electron chi connectivity index (χ2n) is 4.83. The molecular weight excluding hydrogens is 294 g/mol. The SMILES string of the molecule is COc1cc(NC(=O)Cc2ccccn2)ccc1-c1cnco1. The van der Waals surface area contributed by atoms with Crippen LogP contribution in [0.5, 0.6) is 5.75 Å². The summed E-state index contributed by atoms with van der Waals surface area (Å²) in [6, 6.07) is 10.8. The van der Waals surface area contributed by atoms with Crippen molar-refractivity contribution in [3.63, 3.8) is 0 Å². The minimum Gasteiger partial charge on any atom is -0.496 e. The zero-order valence-electron chi connectivity index (χ0n) is 12.5. The van der Waals surface area contributed by atoms with Crippen molar-refractivity contribution in [2.75, 3.05) is 12.4 Å². The molecule has 1 N–H and O–H groups in total. The average Bonchev–Trinajstić information content (AvgIpc) is 3.10. The number of carbonyl (C=O) groups is 1. The lowest BCUT2D eigenvalue weighted by atomic mass is 10.1. The first-order chi connectivity index (χ1) is 11.3. The molecule has 1 aromatic carbocycles. The number of aromatic nitrogens is 2. The fourth-order valence-electron chi connectivity index (χ4n) is 2.19. The van der Waals surface area contributed by atoms with Gasteiger partial charge in [-0.25, -0.2) is 4.98 Å². The van der Waals surface area contributed by atoms with Gasteiger partial charge in [-0.1, -0.05) is 6.07 Å². The van der Waals surface area contributed by atoms with Crippen molar-refractivity contribution in [2.45, 2.75) is 6.42 Å². The maximum atomic E-state index is 12.1. The fourth-order valence-corrected chi connectivity index (χ4v) is 2.19. The molecule has 3 aromatic rings. The van der Waals surface area contributed by atoms with Crippen LogP contribution in [0.3, 0.4) is 0 Å². The molecule has 3 rings (SSSR count). The molecule has 6 nitrogen and oxygen atoms in total. The number of carbonyl (C=O) groups excluding carboxylic acids is 1. The number of hydrogen-bond donors (Lipinski definition) is 1. The van der Waals surface area contributed by atoms with Crippen molar-refractivity contribution in [2.24, 2.45) is 0 Å². The normalized spacial score (nSPS) is 10.3. The minimum absolute atomic E-state index is 0.141. The highest BCUT2D eigenvalue weighted by atomic mass is 16.5. The van der Waals surface area contributed by atoms with Gasteiger partial charge in [0, 0.05) is 23.6 Å². The highest BCUT2D eigenvalue weighted by Crippen LogP contribution is 2.32. The number of oxazole rings is 1. The van der Waals surface area contributed by atoms with E-state index in [2.05, 4.69) is 15.3 Å². The topological polar surface area (TPSA) is 77.2 Å². The van der Waals surface area contributed by atoms with Crippen molar-refractivity contribution < 1.29 is 13.9 Å². The third-order valence-corrected chi connectivity index (χ3v) is 3.25. The summed E-state index contributed by atoms with van der Waals surface area (Å²) < 4.78 is 10.6. The zero-order chi connectivity index (χ0) is 16.1. The molecule has 0 atom stereocenters. The number of nitrogens with zero attached hydrogens (tertiary/aromatic N) is 2. The molecule has 116 valence electrons. The van der Waals surface area contributed by atoms with E-state index in [1.807, 2.05) is 24.3 Å². The molecule has 0 bridgehead atoms. The summed E-state index contributed by atoms with van der Waals surface area (Å²) in [5.41, 5.74) is 2.13. The van der Waals surface area contributed by atoms with Crippen LogP contribution in [0, 0.1) is 0 Å². The molecule has 23 heavy (non-hydrogen) atoms. The Morgan fingerprint density at radius 1 is 1.30 bits per heavy atom. The second kappa shape index (κ2) is 6.74. The van der Waals surface area contributed by atoms with Crippen LogP contribution in [0.2, 0.25) is 0 Å². The predicted octanol–water partition coefficient (Wildman–Crippen LogP) is 2.93. The Morgan fingerprint density at radius 3 is 2.91 bits per heavy atom. The highest BCUT2D eigenvalue weighted by molar-refractivity contribution is 5.92. The minimum atomic E-state index is -0.141. The van der Waals surface area contributed by atoms with Crippen LogP contribution in [0.4, 0.5) is 5.69 Å².